The fourth-order valence-electron chi connectivity index (χ4n) is 1.31. The van der Waals surface area contributed by atoms with Crippen molar-refractivity contribution in [1.29, 1.82) is 0 Å². The molecule has 1 rings (SSSR count). The van der Waals surface area contributed by atoms with Crippen LogP contribution in [-0.2, 0) is 0 Å². The summed E-state index contributed by atoms with van der Waals surface area (Å²) < 4.78 is 36.2. The third-order valence-corrected chi connectivity index (χ3v) is 2.20. The van der Waals surface area contributed by atoms with E-state index < -0.39 is 11.6 Å². The van der Waals surface area contributed by atoms with Crippen molar-refractivity contribution in [3.8, 4) is 11.5 Å². The first-order chi connectivity index (χ1) is 8.20. The van der Waals surface area contributed by atoms with E-state index >= 15 is 0 Å². The number of benzene rings is 1. The van der Waals surface area contributed by atoms with E-state index in [4.69, 9.17) is 9.76 Å². The van der Waals surface area contributed by atoms with Gasteiger partial charge in [-0.3, -0.25) is 0 Å². The molecule has 0 aromatic heterocycles. The molecule has 0 amide bonds. The second kappa shape index (κ2) is 7.11. The Hall–Kier alpha value is -1.30. The first-order valence-corrected chi connectivity index (χ1v) is 5.44. The normalized spacial score (nSPS) is 10.1. The molecule has 0 unspecified atom stereocenters. The lowest BCUT2D eigenvalue weighted by Gasteiger charge is -2.09. The molecule has 1 aromatic carbocycles. The molecule has 0 aliphatic rings. The van der Waals surface area contributed by atoms with Crippen molar-refractivity contribution in [2.75, 3.05) is 6.61 Å². The number of rotatable bonds is 7. The number of hydrogen-bond donors (Lipinski definition) is 1. The molecule has 0 spiro atoms. The number of unbranched alkanes of at least 4 members (excludes halogenated alkanes) is 2. The molecule has 0 saturated heterocycles. The van der Waals surface area contributed by atoms with Crippen LogP contribution >= 0.6 is 0 Å². The molecule has 1 aromatic rings. The predicted molar refractivity (Wildman–Crippen MR) is 60.0 cm³/mol. The lowest BCUT2D eigenvalue weighted by atomic mass is 10.2. The number of hydrogen-bond acceptors (Lipinski definition) is 3. The average Bonchev–Trinajstić information content (AvgIpc) is 2.33. The first-order valence-electron chi connectivity index (χ1n) is 5.44. The second-order valence-corrected chi connectivity index (χ2v) is 3.47. The van der Waals surface area contributed by atoms with Crippen LogP contribution in [0.3, 0.4) is 0 Å². The Labute approximate surface area is 99.7 Å². The Morgan fingerprint density at radius 1 is 1.18 bits per heavy atom. The van der Waals surface area contributed by atoms with Crippen molar-refractivity contribution in [2.45, 2.75) is 26.2 Å². The van der Waals surface area contributed by atoms with Crippen molar-refractivity contribution in [3.05, 3.63) is 23.8 Å². The van der Waals surface area contributed by atoms with Crippen LogP contribution in [0.4, 0.5) is 8.78 Å². The van der Waals surface area contributed by atoms with E-state index in [1.807, 2.05) is 6.92 Å². The van der Waals surface area contributed by atoms with Crippen LogP contribution in [0.25, 0.3) is 0 Å². The summed E-state index contributed by atoms with van der Waals surface area (Å²) in [5, 5.41) is 8.34. The summed E-state index contributed by atoms with van der Waals surface area (Å²) in [6.45, 7) is 2.38. The van der Waals surface area contributed by atoms with Gasteiger partial charge in [-0.2, -0.15) is 8.78 Å². The molecule has 93 valence electrons. The topological polar surface area (TPSA) is 38.7 Å². The van der Waals surface area contributed by atoms with Gasteiger partial charge in [-0.05, 0) is 18.6 Å². The maximum Gasteiger partial charge on any atom is 0.569 e. The maximum absolute atomic E-state index is 13.4. The maximum atomic E-state index is 13.4. The standard InChI is InChI=1S/C11H14BF2O3/c1-2-3-4-7-16-8-5-6-9(17-12-15)11(14)10(8)13/h5-6,15H,2-4,7H2,1H3. The molecule has 1 N–H and O–H groups in total. The van der Waals surface area contributed by atoms with Crippen molar-refractivity contribution >= 4 is 7.69 Å². The second-order valence-electron chi connectivity index (χ2n) is 3.47. The van der Waals surface area contributed by atoms with Gasteiger partial charge >= 0.3 is 7.69 Å². The molecular formula is C11H14BF2O3. The lowest BCUT2D eigenvalue weighted by molar-refractivity contribution is 0.284. The Balaban J connectivity index is 2.64. The summed E-state index contributed by atoms with van der Waals surface area (Å²) in [6.07, 6.45) is 2.80. The van der Waals surface area contributed by atoms with E-state index in [1.165, 1.54) is 12.1 Å². The van der Waals surface area contributed by atoms with E-state index in [2.05, 4.69) is 4.65 Å². The molecule has 6 heteroatoms. The fourth-order valence-corrected chi connectivity index (χ4v) is 1.31. The van der Waals surface area contributed by atoms with Gasteiger partial charge in [0.25, 0.3) is 0 Å². The Morgan fingerprint density at radius 2 is 1.82 bits per heavy atom. The van der Waals surface area contributed by atoms with Crippen molar-refractivity contribution in [1.82, 2.24) is 0 Å². The average molecular weight is 243 g/mol. The largest absolute Gasteiger partial charge is 0.569 e. The van der Waals surface area contributed by atoms with Gasteiger partial charge in [-0.1, -0.05) is 19.8 Å². The fraction of sp³-hybridized carbons (Fsp3) is 0.455. The highest BCUT2D eigenvalue weighted by atomic mass is 19.2. The summed E-state index contributed by atoms with van der Waals surface area (Å²) >= 11 is 0. The van der Waals surface area contributed by atoms with Gasteiger partial charge in [0.05, 0.1) is 6.61 Å². The van der Waals surface area contributed by atoms with Crippen LogP contribution < -0.4 is 9.39 Å². The van der Waals surface area contributed by atoms with E-state index in [0.717, 1.165) is 19.3 Å². The first kappa shape index (κ1) is 13.8. The third-order valence-electron chi connectivity index (χ3n) is 2.20. The third kappa shape index (κ3) is 3.89. The minimum atomic E-state index is -1.18. The van der Waals surface area contributed by atoms with Gasteiger partial charge in [0.1, 0.15) is 5.75 Å². The number of halogens is 2. The molecule has 3 nitrogen and oxygen atoms in total. The van der Waals surface area contributed by atoms with Gasteiger partial charge in [-0.25, -0.2) is 0 Å². The highest BCUT2D eigenvalue weighted by Gasteiger charge is 2.15. The zero-order valence-corrected chi connectivity index (χ0v) is 9.58. The predicted octanol–water partition coefficient (Wildman–Crippen LogP) is 2.44. The van der Waals surface area contributed by atoms with Crippen molar-refractivity contribution in [3.63, 3.8) is 0 Å². The van der Waals surface area contributed by atoms with E-state index in [0.29, 0.717) is 14.3 Å². The summed E-state index contributed by atoms with van der Waals surface area (Å²) in [5.74, 6) is -2.82. The zero-order valence-electron chi connectivity index (χ0n) is 9.58. The monoisotopic (exact) mass is 243 g/mol. The van der Waals surface area contributed by atoms with E-state index in [9.17, 15) is 8.78 Å². The minimum Gasteiger partial charge on any atom is -0.535 e. The van der Waals surface area contributed by atoms with Crippen molar-refractivity contribution in [2.24, 2.45) is 0 Å². The smallest absolute Gasteiger partial charge is 0.535 e. The summed E-state index contributed by atoms with van der Waals surface area (Å²) in [5.41, 5.74) is 0. The minimum absolute atomic E-state index is 0.149. The molecule has 0 fully saturated rings. The van der Waals surface area contributed by atoms with E-state index in [-0.39, 0.29) is 11.5 Å². The van der Waals surface area contributed by atoms with E-state index in [1.54, 1.807) is 0 Å². The quantitative estimate of drug-likeness (QED) is 0.590. The van der Waals surface area contributed by atoms with Gasteiger partial charge in [-0.15, -0.1) is 0 Å². The van der Waals surface area contributed by atoms with Gasteiger partial charge in [0.15, 0.2) is 5.75 Å². The summed E-state index contributed by atoms with van der Waals surface area (Å²) in [6, 6.07) is 2.46. The van der Waals surface area contributed by atoms with Crippen LogP contribution in [0, 0.1) is 11.6 Å². The molecular weight excluding hydrogens is 229 g/mol. The molecule has 0 aliphatic heterocycles. The number of ether oxygens (including phenoxy) is 1. The Kier molecular flexibility index (Phi) is 5.76. The Morgan fingerprint density at radius 3 is 2.47 bits per heavy atom. The van der Waals surface area contributed by atoms with Gasteiger partial charge < -0.3 is 14.4 Å². The highest BCUT2D eigenvalue weighted by Crippen LogP contribution is 2.27. The van der Waals surface area contributed by atoms with Crippen LogP contribution in [-0.4, -0.2) is 19.3 Å². The zero-order chi connectivity index (χ0) is 12.7. The SMILES string of the molecule is CCCCCOc1ccc(O[B]O)c(F)c1F. The molecule has 0 atom stereocenters. The Bertz CT molecular complexity index is 361. The highest BCUT2D eigenvalue weighted by molar-refractivity contribution is 6.17. The van der Waals surface area contributed by atoms with Crippen LogP contribution in [0.5, 0.6) is 11.5 Å². The molecule has 0 heterocycles. The van der Waals surface area contributed by atoms with Crippen LogP contribution in [0.1, 0.15) is 26.2 Å². The van der Waals surface area contributed by atoms with Crippen molar-refractivity contribution < 1.29 is 23.2 Å². The van der Waals surface area contributed by atoms with Gasteiger partial charge in [0, 0.05) is 0 Å². The molecule has 0 bridgehead atoms. The summed E-state index contributed by atoms with van der Waals surface area (Å²) in [4.78, 5) is 0. The lowest BCUT2D eigenvalue weighted by Crippen LogP contribution is -2.05. The molecule has 17 heavy (non-hydrogen) atoms. The summed E-state index contributed by atoms with van der Waals surface area (Å²) in [7, 11) is 0.291. The van der Waals surface area contributed by atoms with Gasteiger partial charge in [0.2, 0.25) is 11.6 Å². The molecule has 0 aliphatic carbocycles. The van der Waals surface area contributed by atoms with Crippen LogP contribution in [0.2, 0.25) is 0 Å². The molecule has 1 radical (unpaired) electrons. The van der Waals surface area contributed by atoms with Crippen LogP contribution in [0.15, 0.2) is 12.1 Å². The molecule has 0 saturated carbocycles.